The molecule has 0 bridgehead atoms. The van der Waals surface area contributed by atoms with Crippen molar-refractivity contribution in [2.24, 2.45) is 5.92 Å². The lowest BCUT2D eigenvalue weighted by Crippen LogP contribution is -2.27. The Morgan fingerprint density at radius 2 is 1.95 bits per heavy atom. The van der Waals surface area contributed by atoms with Gasteiger partial charge in [-0.3, -0.25) is 0 Å². The fourth-order valence-corrected chi connectivity index (χ4v) is 3.66. The fraction of sp³-hybridized carbons (Fsp3) is 0.579. The third kappa shape index (κ3) is 3.16. The van der Waals surface area contributed by atoms with E-state index in [9.17, 15) is 0 Å². The summed E-state index contributed by atoms with van der Waals surface area (Å²) in [4.78, 5) is 0. The normalized spacial score (nSPS) is 18.2. The van der Waals surface area contributed by atoms with E-state index in [2.05, 4.69) is 43.4 Å². The molecule has 1 aliphatic rings. The van der Waals surface area contributed by atoms with Gasteiger partial charge < -0.3 is 9.73 Å². The maximum atomic E-state index is 6.13. The van der Waals surface area contributed by atoms with Crippen LogP contribution in [0.15, 0.2) is 28.7 Å². The van der Waals surface area contributed by atoms with Gasteiger partial charge in [-0.05, 0) is 44.7 Å². The number of furan rings is 1. The number of aryl methyl sites for hydroxylation is 1. The van der Waals surface area contributed by atoms with E-state index in [1.807, 2.05) is 0 Å². The smallest absolute Gasteiger partial charge is 0.134 e. The van der Waals surface area contributed by atoms with Crippen molar-refractivity contribution in [2.45, 2.75) is 58.4 Å². The first kappa shape index (κ1) is 14.6. The number of hydrogen-bond acceptors (Lipinski definition) is 2. The molecule has 1 unspecified atom stereocenters. The molecule has 0 spiro atoms. The number of fused-ring (bicyclic) bond motifs is 1. The van der Waals surface area contributed by atoms with E-state index in [-0.39, 0.29) is 0 Å². The predicted molar refractivity (Wildman–Crippen MR) is 88.6 cm³/mol. The largest absolute Gasteiger partial charge is 0.459 e. The first-order valence-electron chi connectivity index (χ1n) is 8.53. The molecule has 1 aromatic carbocycles. The van der Waals surface area contributed by atoms with Crippen molar-refractivity contribution < 1.29 is 4.42 Å². The summed E-state index contributed by atoms with van der Waals surface area (Å²) in [5.41, 5.74) is 2.39. The molecule has 0 radical (unpaired) electrons. The number of nitrogens with one attached hydrogen (secondary N) is 1. The third-order valence-electron chi connectivity index (χ3n) is 4.91. The molecule has 2 heteroatoms. The predicted octanol–water partition coefficient (Wildman–Crippen LogP) is 5.23. The van der Waals surface area contributed by atoms with Gasteiger partial charge in [0.25, 0.3) is 0 Å². The summed E-state index contributed by atoms with van der Waals surface area (Å²) in [6.07, 6.45) is 8.05. The Kier molecular flexibility index (Phi) is 4.64. The van der Waals surface area contributed by atoms with Crippen molar-refractivity contribution in [3.05, 3.63) is 35.6 Å². The first-order chi connectivity index (χ1) is 10.3. The average molecular weight is 285 g/mol. The Balaban J connectivity index is 1.72. The minimum absolute atomic E-state index is 0.300. The van der Waals surface area contributed by atoms with Gasteiger partial charge in [-0.15, -0.1) is 0 Å². The highest BCUT2D eigenvalue weighted by Gasteiger charge is 2.20. The molecule has 1 atom stereocenters. The quantitative estimate of drug-likeness (QED) is 0.814. The summed E-state index contributed by atoms with van der Waals surface area (Å²) in [5, 5.41) is 4.99. The van der Waals surface area contributed by atoms with Crippen LogP contribution in [-0.2, 0) is 6.42 Å². The molecule has 1 N–H and O–H groups in total. The van der Waals surface area contributed by atoms with Crippen LogP contribution in [0.2, 0.25) is 0 Å². The third-order valence-corrected chi connectivity index (χ3v) is 4.91. The number of hydrogen-bond donors (Lipinski definition) is 1. The van der Waals surface area contributed by atoms with Crippen molar-refractivity contribution in [3.8, 4) is 0 Å². The molecule has 1 aromatic heterocycles. The second-order valence-corrected chi connectivity index (χ2v) is 6.43. The van der Waals surface area contributed by atoms with E-state index in [0.717, 1.165) is 30.2 Å². The lowest BCUT2D eigenvalue weighted by atomic mass is 9.89. The van der Waals surface area contributed by atoms with Crippen LogP contribution in [0.3, 0.4) is 0 Å². The zero-order valence-corrected chi connectivity index (χ0v) is 13.3. The average Bonchev–Trinajstić information content (AvgIpc) is 2.92. The van der Waals surface area contributed by atoms with Crippen molar-refractivity contribution in [3.63, 3.8) is 0 Å². The second kappa shape index (κ2) is 6.65. The number of rotatable bonds is 5. The van der Waals surface area contributed by atoms with Crippen LogP contribution in [0.5, 0.6) is 0 Å². The summed E-state index contributed by atoms with van der Waals surface area (Å²) in [7, 11) is 0. The molecule has 0 saturated heterocycles. The topological polar surface area (TPSA) is 25.2 Å². The Labute approximate surface area is 127 Å². The van der Waals surface area contributed by atoms with E-state index in [4.69, 9.17) is 4.42 Å². The summed E-state index contributed by atoms with van der Waals surface area (Å²) < 4.78 is 6.13. The maximum absolute atomic E-state index is 6.13. The van der Waals surface area contributed by atoms with Gasteiger partial charge in [0.2, 0.25) is 0 Å². The highest BCUT2D eigenvalue weighted by Crippen LogP contribution is 2.31. The first-order valence-corrected chi connectivity index (χ1v) is 8.53. The van der Waals surface area contributed by atoms with Gasteiger partial charge >= 0.3 is 0 Å². The molecule has 3 rings (SSSR count). The van der Waals surface area contributed by atoms with E-state index in [0.29, 0.717) is 6.04 Å². The van der Waals surface area contributed by atoms with Crippen LogP contribution in [0.1, 0.15) is 63.3 Å². The molecular formula is C19H27NO. The monoisotopic (exact) mass is 285 g/mol. The van der Waals surface area contributed by atoms with Crippen molar-refractivity contribution in [2.75, 3.05) is 6.54 Å². The summed E-state index contributed by atoms with van der Waals surface area (Å²) in [6, 6.07) is 8.70. The molecule has 0 aliphatic heterocycles. The zero-order chi connectivity index (χ0) is 14.7. The van der Waals surface area contributed by atoms with Gasteiger partial charge in [-0.25, -0.2) is 0 Å². The standard InChI is InChI=1S/C19H27NO/c1-3-16-17-11-7-8-12-18(17)21-19(16)14(2)20-13-15-9-5-4-6-10-15/h7-8,11-12,14-15,20H,3-6,9-10,13H2,1-2H3. The van der Waals surface area contributed by atoms with Crippen LogP contribution in [0.25, 0.3) is 11.0 Å². The molecular weight excluding hydrogens is 258 g/mol. The van der Waals surface area contributed by atoms with Crippen LogP contribution >= 0.6 is 0 Å². The van der Waals surface area contributed by atoms with Crippen LogP contribution in [0.4, 0.5) is 0 Å². The number of para-hydroxylation sites is 1. The Morgan fingerprint density at radius 1 is 1.19 bits per heavy atom. The maximum Gasteiger partial charge on any atom is 0.134 e. The number of benzene rings is 1. The highest BCUT2D eigenvalue weighted by atomic mass is 16.3. The molecule has 2 nitrogen and oxygen atoms in total. The van der Waals surface area contributed by atoms with Gasteiger partial charge in [-0.2, -0.15) is 0 Å². The lowest BCUT2D eigenvalue weighted by Gasteiger charge is -2.23. The van der Waals surface area contributed by atoms with Crippen molar-refractivity contribution in [1.29, 1.82) is 0 Å². The van der Waals surface area contributed by atoms with Crippen molar-refractivity contribution in [1.82, 2.24) is 5.32 Å². The Morgan fingerprint density at radius 3 is 2.71 bits per heavy atom. The van der Waals surface area contributed by atoms with Crippen LogP contribution in [0, 0.1) is 5.92 Å². The molecule has 1 fully saturated rings. The van der Waals surface area contributed by atoms with Crippen LogP contribution in [-0.4, -0.2) is 6.54 Å². The van der Waals surface area contributed by atoms with Gasteiger partial charge in [0.15, 0.2) is 0 Å². The highest BCUT2D eigenvalue weighted by molar-refractivity contribution is 5.82. The van der Waals surface area contributed by atoms with Gasteiger partial charge in [0.05, 0.1) is 6.04 Å². The zero-order valence-electron chi connectivity index (χ0n) is 13.3. The molecule has 1 aliphatic carbocycles. The molecule has 114 valence electrons. The molecule has 21 heavy (non-hydrogen) atoms. The van der Waals surface area contributed by atoms with Gasteiger partial charge in [-0.1, -0.05) is 44.4 Å². The van der Waals surface area contributed by atoms with E-state index < -0.39 is 0 Å². The SMILES string of the molecule is CCc1c(C(C)NCC2CCCCC2)oc2ccccc12. The van der Waals surface area contributed by atoms with Gasteiger partial charge in [0, 0.05) is 10.9 Å². The van der Waals surface area contributed by atoms with E-state index in [1.54, 1.807) is 0 Å². The van der Waals surface area contributed by atoms with E-state index in [1.165, 1.54) is 43.1 Å². The Bertz CT molecular complexity index is 580. The summed E-state index contributed by atoms with van der Waals surface area (Å²) in [5.74, 6) is 1.99. The summed E-state index contributed by atoms with van der Waals surface area (Å²) in [6.45, 7) is 5.58. The molecule has 1 saturated carbocycles. The summed E-state index contributed by atoms with van der Waals surface area (Å²) >= 11 is 0. The van der Waals surface area contributed by atoms with Gasteiger partial charge in [0.1, 0.15) is 11.3 Å². The van der Waals surface area contributed by atoms with E-state index >= 15 is 0 Å². The molecule has 0 amide bonds. The fourth-order valence-electron chi connectivity index (χ4n) is 3.66. The second-order valence-electron chi connectivity index (χ2n) is 6.43. The molecule has 1 heterocycles. The Hall–Kier alpha value is -1.28. The lowest BCUT2D eigenvalue weighted by molar-refractivity contribution is 0.322. The minimum Gasteiger partial charge on any atom is -0.459 e. The van der Waals surface area contributed by atoms with Crippen molar-refractivity contribution >= 4 is 11.0 Å². The van der Waals surface area contributed by atoms with Crippen LogP contribution < -0.4 is 5.32 Å². The molecule has 2 aromatic rings. The minimum atomic E-state index is 0.300.